The number of alkyl halides is 1. The maximum absolute atomic E-state index is 14.3. The van der Waals surface area contributed by atoms with E-state index in [9.17, 15) is 31.9 Å². The van der Waals surface area contributed by atoms with Crippen LogP contribution in [0, 0.1) is 23.4 Å². The summed E-state index contributed by atoms with van der Waals surface area (Å²) < 4.78 is 64.9. The molecular formula is C25H25F4NO5. The van der Waals surface area contributed by atoms with Crippen molar-refractivity contribution >= 4 is 18.0 Å². The van der Waals surface area contributed by atoms with Crippen molar-refractivity contribution in [1.29, 1.82) is 0 Å². The maximum Gasteiger partial charge on any atom is 0.416 e. The fourth-order valence-electron chi connectivity index (χ4n) is 3.87. The van der Waals surface area contributed by atoms with Crippen LogP contribution in [0.1, 0.15) is 37.3 Å². The van der Waals surface area contributed by atoms with Gasteiger partial charge in [-0.25, -0.2) is 27.3 Å². The van der Waals surface area contributed by atoms with E-state index >= 15 is 0 Å². The number of carbonyl (C=O) groups is 3. The molecule has 0 radical (unpaired) electrons. The first-order chi connectivity index (χ1) is 16.7. The Labute approximate surface area is 199 Å². The molecule has 35 heavy (non-hydrogen) atoms. The Hall–Kier alpha value is -3.43. The zero-order chi connectivity index (χ0) is 25.5. The van der Waals surface area contributed by atoms with Crippen molar-refractivity contribution in [3.63, 3.8) is 0 Å². The van der Waals surface area contributed by atoms with E-state index in [0.717, 1.165) is 10.5 Å². The van der Waals surface area contributed by atoms with Gasteiger partial charge in [0.2, 0.25) is 12.3 Å². The van der Waals surface area contributed by atoms with E-state index in [2.05, 4.69) is 4.74 Å². The summed E-state index contributed by atoms with van der Waals surface area (Å²) in [6.45, 7) is 1.59. The average molecular weight is 495 g/mol. The number of benzene rings is 2. The van der Waals surface area contributed by atoms with Gasteiger partial charge in [-0.05, 0) is 36.5 Å². The van der Waals surface area contributed by atoms with Gasteiger partial charge >= 0.3 is 12.1 Å². The number of carbonyl (C=O) groups excluding carboxylic acids is 3. The van der Waals surface area contributed by atoms with Crippen molar-refractivity contribution in [3.8, 4) is 0 Å². The Morgan fingerprint density at radius 1 is 1.11 bits per heavy atom. The fourth-order valence-corrected chi connectivity index (χ4v) is 3.87. The second-order valence-electron chi connectivity index (χ2n) is 8.28. The lowest BCUT2D eigenvalue weighted by Crippen LogP contribution is -2.44. The van der Waals surface area contributed by atoms with Crippen LogP contribution in [0.15, 0.2) is 42.5 Å². The van der Waals surface area contributed by atoms with Crippen LogP contribution in [-0.4, -0.2) is 41.9 Å². The number of hydrogen-bond donors (Lipinski definition) is 0. The van der Waals surface area contributed by atoms with Gasteiger partial charge in [0.25, 0.3) is 0 Å². The molecule has 1 heterocycles. The fraction of sp³-hybridized carbons (Fsp3) is 0.400. The van der Waals surface area contributed by atoms with Crippen LogP contribution < -0.4 is 0 Å². The van der Waals surface area contributed by atoms with Crippen molar-refractivity contribution in [2.24, 2.45) is 5.92 Å². The molecule has 6 nitrogen and oxygen atoms in total. The number of cyclic esters (lactones) is 1. The number of halogens is 4. The van der Waals surface area contributed by atoms with Crippen LogP contribution in [0.25, 0.3) is 0 Å². The molecule has 0 aromatic heterocycles. The molecule has 1 fully saturated rings. The van der Waals surface area contributed by atoms with Crippen molar-refractivity contribution < 1.29 is 41.4 Å². The van der Waals surface area contributed by atoms with Gasteiger partial charge in [0, 0.05) is 12.5 Å². The van der Waals surface area contributed by atoms with Gasteiger partial charge in [-0.3, -0.25) is 9.59 Å². The van der Waals surface area contributed by atoms with E-state index in [4.69, 9.17) is 4.74 Å². The van der Waals surface area contributed by atoms with Crippen LogP contribution in [0.5, 0.6) is 0 Å². The molecule has 1 aliphatic heterocycles. The number of esters is 1. The maximum atomic E-state index is 14.3. The highest BCUT2D eigenvalue weighted by atomic mass is 19.2. The molecule has 0 saturated carbocycles. The molecule has 1 saturated heterocycles. The molecule has 3 atom stereocenters. The van der Waals surface area contributed by atoms with E-state index in [1.54, 1.807) is 37.3 Å². The lowest BCUT2D eigenvalue weighted by Gasteiger charge is -2.25. The van der Waals surface area contributed by atoms with E-state index < -0.39 is 66.6 Å². The first kappa shape index (κ1) is 26.2. The van der Waals surface area contributed by atoms with Gasteiger partial charge in [0.05, 0.1) is 18.4 Å². The minimum atomic E-state index is -1.90. The summed E-state index contributed by atoms with van der Waals surface area (Å²) >= 11 is 0. The lowest BCUT2D eigenvalue weighted by molar-refractivity contribution is -0.161. The van der Waals surface area contributed by atoms with Crippen molar-refractivity contribution in [2.75, 3.05) is 6.61 Å². The SMILES string of the molecule is CCCC(F)OC(=O)CC(Cc1cc(F)c(F)cc1F)C(=O)N1C(=O)OCC1Cc1ccccc1. The zero-order valence-electron chi connectivity index (χ0n) is 19.0. The Kier molecular flexibility index (Phi) is 8.84. The summed E-state index contributed by atoms with van der Waals surface area (Å²) in [5.74, 6) is -7.28. The van der Waals surface area contributed by atoms with Crippen LogP contribution in [0.3, 0.4) is 0 Å². The van der Waals surface area contributed by atoms with Gasteiger partial charge in [-0.2, -0.15) is 0 Å². The third-order valence-corrected chi connectivity index (χ3v) is 5.61. The Morgan fingerprint density at radius 3 is 2.49 bits per heavy atom. The first-order valence-electron chi connectivity index (χ1n) is 11.2. The van der Waals surface area contributed by atoms with Crippen LogP contribution in [0.4, 0.5) is 22.4 Å². The third-order valence-electron chi connectivity index (χ3n) is 5.61. The Bertz CT molecular complexity index is 1070. The summed E-state index contributed by atoms with van der Waals surface area (Å²) in [5, 5.41) is 0. The van der Waals surface area contributed by atoms with E-state index in [1.807, 2.05) is 0 Å². The quantitative estimate of drug-likeness (QED) is 0.267. The molecule has 1 aliphatic rings. The molecule has 0 spiro atoms. The molecular weight excluding hydrogens is 470 g/mol. The predicted octanol–water partition coefficient (Wildman–Crippen LogP) is 4.88. The standard InChI is InChI=1S/C25H25F4NO5/c1-2-6-22(29)35-23(31)12-17(10-16-11-20(27)21(28)13-19(16)26)24(32)30-18(14-34-25(30)33)9-15-7-4-3-5-8-15/h3-5,7-8,11,13,17-18,22H,2,6,9-10,12,14H2,1H3. The predicted molar refractivity (Wildman–Crippen MR) is 116 cm³/mol. The molecule has 0 aliphatic carbocycles. The second-order valence-corrected chi connectivity index (χ2v) is 8.28. The molecule has 0 bridgehead atoms. The second kappa shape index (κ2) is 11.8. The van der Waals surface area contributed by atoms with Crippen LogP contribution in [-0.2, 0) is 31.9 Å². The smallest absolute Gasteiger partial charge is 0.416 e. The van der Waals surface area contributed by atoms with E-state index in [1.165, 1.54) is 0 Å². The third kappa shape index (κ3) is 6.80. The molecule has 2 aromatic rings. The molecule has 2 amide bonds. The minimum Gasteiger partial charge on any atom is -0.447 e. The van der Waals surface area contributed by atoms with E-state index in [0.29, 0.717) is 18.6 Å². The summed E-state index contributed by atoms with van der Waals surface area (Å²) in [4.78, 5) is 39.0. The number of rotatable bonds is 10. The van der Waals surface area contributed by atoms with Gasteiger partial charge < -0.3 is 9.47 Å². The van der Waals surface area contributed by atoms with Gasteiger partial charge in [-0.1, -0.05) is 37.3 Å². The molecule has 3 rings (SSSR count). The number of ether oxygens (including phenoxy) is 2. The van der Waals surface area contributed by atoms with Crippen molar-refractivity contribution in [3.05, 3.63) is 71.0 Å². The highest BCUT2D eigenvalue weighted by Gasteiger charge is 2.42. The highest BCUT2D eigenvalue weighted by molar-refractivity contribution is 5.96. The molecule has 3 unspecified atom stereocenters. The summed E-state index contributed by atoms with van der Waals surface area (Å²) in [6.07, 6.45) is -3.50. The van der Waals surface area contributed by atoms with Gasteiger partial charge in [0.15, 0.2) is 11.6 Å². The van der Waals surface area contributed by atoms with Gasteiger partial charge in [0.1, 0.15) is 12.4 Å². The number of hydrogen-bond acceptors (Lipinski definition) is 5. The molecule has 10 heteroatoms. The average Bonchev–Trinajstić information content (AvgIpc) is 3.16. The van der Waals surface area contributed by atoms with Gasteiger partial charge in [-0.15, -0.1) is 0 Å². The zero-order valence-corrected chi connectivity index (χ0v) is 19.0. The normalized spacial score (nSPS) is 17.1. The monoisotopic (exact) mass is 495 g/mol. The topological polar surface area (TPSA) is 72.9 Å². The lowest BCUT2D eigenvalue weighted by atomic mass is 9.93. The largest absolute Gasteiger partial charge is 0.447 e. The molecule has 2 aromatic carbocycles. The minimum absolute atomic E-state index is 0.0558. The van der Waals surface area contributed by atoms with Crippen molar-refractivity contribution in [1.82, 2.24) is 4.90 Å². The molecule has 188 valence electrons. The Morgan fingerprint density at radius 2 is 1.80 bits per heavy atom. The summed E-state index contributed by atoms with van der Waals surface area (Å²) in [5.41, 5.74) is 0.434. The van der Waals surface area contributed by atoms with Crippen LogP contribution >= 0.6 is 0 Å². The highest BCUT2D eigenvalue weighted by Crippen LogP contribution is 2.26. The van der Waals surface area contributed by atoms with Crippen molar-refractivity contribution in [2.45, 2.75) is 51.4 Å². The number of imide groups is 1. The summed E-state index contributed by atoms with van der Waals surface area (Å²) in [7, 11) is 0. The first-order valence-corrected chi connectivity index (χ1v) is 11.2. The molecule has 0 N–H and O–H groups in total. The van der Waals surface area contributed by atoms with Crippen LogP contribution in [0.2, 0.25) is 0 Å². The Balaban J connectivity index is 1.86. The van der Waals surface area contributed by atoms with E-state index in [-0.39, 0.29) is 25.0 Å². The number of nitrogens with zero attached hydrogens (tertiary/aromatic N) is 1. The number of amides is 2. The summed E-state index contributed by atoms with van der Waals surface area (Å²) in [6, 6.07) is 9.16.